The van der Waals surface area contributed by atoms with Crippen LogP contribution < -0.4 is 9.64 Å². The molecule has 4 aromatic rings. The van der Waals surface area contributed by atoms with Gasteiger partial charge in [-0.1, -0.05) is 71.7 Å². The maximum absolute atomic E-state index is 15.8. The minimum absolute atomic E-state index is 0.0912. The third-order valence-electron chi connectivity index (χ3n) is 10.8. The second-order valence-corrected chi connectivity index (χ2v) is 19.5. The fourth-order valence-electron chi connectivity index (χ4n) is 8.73. The van der Waals surface area contributed by atoms with Crippen molar-refractivity contribution in [3.63, 3.8) is 0 Å². The molecule has 1 amide bonds. The van der Waals surface area contributed by atoms with E-state index in [4.69, 9.17) is 9.72 Å². The molecule has 0 aliphatic carbocycles. The van der Waals surface area contributed by atoms with Gasteiger partial charge in [-0.2, -0.15) is 0 Å². The Bertz CT molecular complexity index is 1910. The van der Waals surface area contributed by atoms with E-state index in [0.29, 0.717) is 51.2 Å². The van der Waals surface area contributed by atoms with Crippen molar-refractivity contribution in [1.29, 1.82) is 0 Å². The van der Waals surface area contributed by atoms with Gasteiger partial charge < -0.3 is 14.7 Å². The van der Waals surface area contributed by atoms with E-state index in [9.17, 15) is 9.90 Å². The second-order valence-electron chi connectivity index (χ2n) is 13.9. The Labute approximate surface area is 270 Å². The van der Waals surface area contributed by atoms with Gasteiger partial charge in [-0.3, -0.25) is 4.90 Å². The van der Waals surface area contributed by atoms with E-state index in [1.54, 1.807) is 17.3 Å². The molecule has 3 aliphatic rings. The molecule has 8 nitrogen and oxygen atoms in total. The standard InChI is InChI=1S/C36H40FN5O3Si/c1-20(2)46(21(3)4,22(5)6)15-14-25-27(37)12-10-23-8-7-9-26(32(23)25)28-16-29-33-34(39-19-38-29)41-17-24-11-13-30(42(24)36(43)44)31(41)18-45-35(33)40-28/h7-10,12,16,19-22,24,30-31H,11,13,17-18H2,1-6H3,(H,43,44). The second kappa shape index (κ2) is 11.2. The molecule has 3 unspecified atom stereocenters. The van der Waals surface area contributed by atoms with Crippen molar-refractivity contribution in [3.8, 4) is 28.6 Å². The average Bonchev–Trinajstić information content (AvgIpc) is 3.26. The first-order valence-corrected chi connectivity index (χ1v) is 18.6. The van der Waals surface area contributed by atoms with Gasteiger partial charge in [0.25, 0.3) is 0 Å². The van der Waals surface area contributed by atoms with Gasteiger partial charge >= 0.3 is 6.09 Å². The molecular weight excluding hydrogens is 598 g/mol. The molecule has 2 bridgehead atoms. The Morgan fingerprint density at radius 3 is 2.50 bits per heavy atom. The van der Waals surface area contributed by atoms with Crippen LogP contribution >= 0.6 is 0 Å². The molecule has 0 radical (unpaired) electrons. The molecule has 5 heterocycles. The van der Waals surface area contributed by atoms with Crippen LogP contribution in [-0.4, -0.2) is 70.4 Å². The van der Waals surface area contributed by atoms with E-state index in [-0.39, 0.29) is 30.5 Å². The lowest BCUT2D eigenvalue weighted by Gasteiger charge is -2.45. The summed E-state index contributed by atoms with van der Waals surface area (Å²) in [5.74, 6) is 4.18. The zero-order valence-electron chi connectivity index (χ0n) is 27.2. The summed E-state index contributed by atoms with van der Waals surface area (Å²) in [6.45, 7) is 14.4. The summed E-state index contributed by atoms with van der Waals surface area (Å²) < 4.78 is 22.3. The number of aromatic nitrogens is 3. The van der Waals surface area contributed by atoms with Crippen LogP contribution in [0.2, 0.25) is 16.6 Å². The molecule has 2 fully saturated rings. The van der Waals surface area contributed by atoms with Crippen LogP contribution in [0.25, 0.3) is 32.9 Å². The largest absolute Gasteiger partial charge is 0.475 e. The molecule has 7 rings (SSSR count). The third kappa shape index (κ3) is 4.54. The first kappa shape index (κ1) is 30.4. The van der Waals surface area contributed by atoms with Gasteiger partial charge in [0.1, 0.15) is 38.0 Å². The van der Waals surface area contributed by atoms with Crippen molar-refractivity contribution in [2.45, 2.75) is 89.1 Å². The first-order chi connectivity index (χ1) is 22.0. The number of carbonyl (C=O) groups is 1. The number of ether oxygens (including phenoxy) is 1. The minimum atomic E-state index is -2.13. The lowest BCUT2D eigenvalue weighted by atomic mass is 9.96. The van der Waals surface area contributed by atoms with Gasteiger partial charge in [-0.15, -0.1) is 5.54 Å². The highest BCUT2D eigenvalue weighted by Gasteiger charge is 2.50. The molecule has 2 aromatic carbocycles. The lowest BCUT2D eigenvalue weighted by molar-refractivity contribution is 0.0908. The smallest absolute Gasteiger partial charge is 0.407 e. The zero-order valence-corrected chi connectivity index (χ0v) is 28.2. The minimum Gasteiger partial charge on any atom is -0.475 e. The van der Waals surface area contributed by atoms with Gasteiger partial charge in [0.15, 0.2) is 0 Å². The van der Waals surface area contributed by atoms with Crippen LogP contribution in [-0.2, 0) is 0 Å². The summed E-state index contributed by atoms with van der Waals surface area (Å²) in [4.78, 5) is 30.3. The van der Waals surface area contributed by atoms with Crippen LogP contribution in [0.15, 0.2) is 42.7 Å². The first-order valence-electron chi connectivity index (χ1n) is 16.3. The molecule has 2 aromatic heterocycles. The SMILES string of the molecule is CC(C)[Si](C#Cc1c(F)ccc2cccc(-c3cc4ncnc5c4c(n3)OCC3C4CCC(CN53)N4C(=O)O)c12)(C(C)C)C(C)C. The van der Waals surface area contributed by atoms with E-state index in [0.717, 1.165) is 35.0 Å². The van der Waals surface area contributed by atoms with E-state index in [2.05, 4.69) is 67.9 Å². The predicted molar refractivity (Wildman–Crippen MR) is 181 cm³/mol. The number of rotatable bonds is 4. The highest BCUT2D eigenvalue weighted by Crippen LogP contribution is 2.44. The van der Waals surface area contributed by atoms with Crippen molar-refractivity contribution < 1.29 is 19.0 Å². The van der Waals surface area contributed by atoms with Gasteiger partial charge in [0.2, 0.25) is 5.88 Å². The maximum atomic E-state index is 15.8. The lowest BCUT2D eigenvalue weighted by Crippen LogP contribution is -2.62. The quantitative estimate of drug-likeness (QED) is 0.182. The fourth-order valence-corrected chi connectivity index (χ4v) is 13.9. The highest BCUT2D eigenvalue weighted by molar-refractivity contribution is 6.90. The molecule has 10 heteroatoms. The van der Waals surface area contributed by atoms with Crippen LogP contribution in [0.1, 0.15) is 59.9 Å². The Morgan fingerprint density at radius 1 is 1.02 bits per heavy atom. The number of benzene rings is 2. The van der Waals surface area contributed by atoms with Crippen molar-refractivity contribution in [2.75, 3.05) is 18.1 Å². The van der Waals surface area contributed by atoms with E-state index in [1.165, 1.54) is 6.07 Å². The van der Waals surface area contributed by atoms with Gasteiger partial charge in [0, 0.05) is 17.5 Å². The number of hydrogen-bond donors (Lipinski definition) is 1. The molecule has 0 saturated carbocycles. The zero-order chi connectivity index (χ0) is 32.5. The van der Waals surface area contributed by atoms with Gasteiger partial charge in [-0.25, -0.2) is 24.1 Å². The highest BCUT2D eigenvalue weighted by atomic mass is 28.3. The van der Waals surface area contributed by atoms with Crippen LogP contribution in [0.3, 0.4) is 0 Å². The predicted octanol–water partition coefficient (Wildman–Crippen LogP) is 7.65. The summed E-state index contributed by atoms with van der Waals surface area (Å²) in [6.07, 6.45) is 2.26. The summed E-state index contributed by atoms with van der Waals surface area (Å²) in [6, 6.07) is 10.7. The molecular formula is C36H40FN5O3Si. The van der Waals surface area contributed by atoms with Crippen molar-refractivity contribution in [3.05, 3.63) is 54.1 Å². The summed E-state index contributed by atoms with van der Waals surface area (Å²) in [7, 11) is -2.13. The van der Waals surface area contributed by atoms with Crippen LogP contribution in [0.4, 0.5) is 15.0 Å². The Hall–Kier alpha value is -4.23. The average molecular weight is 638 g/mol. The van der Waals surface area contributed by atoms with Crippen molar-refractivity contribution in [1.82, 2.24) is 19.9 Å². The molecule has 1 N–H and O–H groups in total. The Morgan fingerprint density at radius 2 is 1.78 bits per heavy atom. The number of halogens is 1. The summed E-state index contributed by atoms with van der Waals surface area (Å²) in [5.41, 5.74) is 7.41. The third-order valence-corrected chi connectivity index (χ3v) is 17.1. The number of piperazine rings is 1. The fraction of sp³-hybridized carbons (Fsp3) is 0.444. The molecule has 46 heavy (non-hydrogen) atoms. The Balaban J connectivity index is 1.39. The van der Waals surface area contributed by atoms with Crippen LogP contribution in [0, 0.1) is 17.3 Å². The number of amides is 1. The molecule has 2 saturated heterocycles. The number of fused-ring (bicyclic) bond motifs is 6. The van der Waals surface area contributed by atoms with Gasteiger partial charge in [0.05, 0.1) is 34.9 Å². The van der Waals surface area contributed by atoms with E-state index < -0.39 is 14.2 Å². The topological polar surface area (TPSA) is 91.7 Å². The van der Waals surface area contributed by atoms with Crippen molar-refractivity contribution >= 4 is 41.7 Å². The maximum Gasteiger partial charge on any atom is 0.407 e. The van der Waals surface area contributed by atoms with Crippen LogP contribution in [0.5, 0.6) is 5.88 Å². The van der Waals surface area contributed by atoms with E-state index >= 15 is 4.39 Å². The molecule has 3 atom stereocenters. The monoisotopic (exact) mass is 637 g/mol. The number of pyridine rings is 1. The number of anilines is 1. The normalized spacial score (nSPS) is 20.6. The molecule has 238 valence electrons. The number of hydrogen-bond acceptors (Lipinski definition) is 6. The number of nitrogens with zero attached hydrogens (tertiary/aromatic N) is 5. The molecule has 0 spiro atoms. The van der Waals surface area contributed by atoms with Crippen molar-refractivity contribution in [2.24, 2.45) is 0 Å². The number of carboxylic acid groups (broad SMARTS) is 1. The van der Waals surface area contributed by atoms with Gasteiger partial charge in [-0.05, 0) is 47.0 Å². The Kier molecular flexibility index (Phi) is 7.43. The summed E-state index contributed by atoms with van der Waals surface area (Å²) in [5, 5.41) is 12.3. The summed E-state index contributed by atoms with van der Waals surface area (Å²) >= 11 is 0. The molecule has 3 aliphatic heterocycles. The van der Waals surface area contributed by atoms with E-state index in [1.807, 2.05) is 24.3 Å².